The molecule has 2 aromatic carbocycles. The van der Waals surface area contributed by atoms with Crippen LogP contribution in [-0.2, 0) is 18.9 Å². The summed E-state index contributed by atoms with van der Waals surface area (Å²) in [5, 5.41) is 2.96. The quantitative estimate of drug-likeness (QED) is 0.621. The molecule has 0 aliphatic carbocycles. The minimum atomic E-state index is -0.607. The Balaban J connectivity index is 1.69. The van der Waals surface area contributed by atoms with E-state index in [4.69, 9.17) is 4.74 Å². The highest BCUT2D eigenvalue weighted by Crippen LogP contribution is 2.33. The molecule has 1 saturated heterocycles. The fourth-order valence-electron chi connectivity index (χ4n) is 4.14. The molecule has 3 aromatic rings. The maximum Gasteiger partial charge on any atom is 0.316 e. The lowest BCUT2D eigenvalue weighted by Gasteiger charge is -2.23. The van der Waals surface area contributed by atoms with Gasteiger partial charge in [0.2, 0.25) is 0 Å². The van der Waals surface area contributed by atoms with E-state index in [0.29, 0.717) is 22.5 Å². The van der Waals surface area contributed by atoms with Gasteiger partial charge in [-0.1, -0.05) is 12.1 Å². The van der Waals surface area contributed by atoms with Crippen LogP contribution in [0.25, 0.3) is 11.0 Å². The average molecular weight is 437 g/mol. The van der Waals surface area contributed by atoms with Gasteiger partial charge in [0.15, 0.2) is 6.61 Å². The third-order valence-electron chi connectivity index (χ3n) is 6.24. The molecule has 1 amide bonds. The number of nitrogens with zero attached hydrogens (tertiary/aromatic N) is 3. The van der Waals surface area contributed by atoms with Gasteiger partial charge in [0.05, 0.1) is 22.4 Å². The minimum Gasteiger partial charge on any atom is -0.483 e. The van der Waals surface area contributed by atoms with Crippen LogP contribution in [-0.4, -0.2) is 34.7 Å². The van der Waals surface area contributed by atoms with E-state index in [0.717, 1.165) is 42.7 Å². The molecule has 0 bridgehead atoms. The van der Waals surface area contributed by atoms with Crippen molar-refractivity contribution < 1.29 is 9.53 Å². The average Bonchev–Trinajstić information content (AvgIpc) is 3.31. The summed E-state index contributed by atoms with van der Waals surface area (Å²) in [6.07, 6.45) is 2.13. The van der Waals surface area contributed by atoms with Gasteiger partial charge in [-0.05, 0) is 56.0 Å². The van der Waals surface area contributed by atoms with E-state index in [2.05, 4.69) is 10.2 Å². The highest BCUT2D eigenvalue weighted by atomic mass is 16.5. The number of fused-ring (bicyclic) bond motifs is 1. The number of aryl methyl sites for hydroxylation is 3. The Kier molecular flexibility index (Phi) is 5.78. The van der Waals surface area contributed by atoms with Gasteiger partial charge in [-0.3, -0.25) is 14.4 Å². The summed E-state index contributed by atoms with van der Waals surface area (Å²) < 4.78 is 8.45. The lowest BCUT2D eigenvalue weighted by Crippen LogP contribution is -2.39. The summed E-state index contributed by atoms with van der Waals surface area (Å²) in [4.78, 5) is 39.6. The van der Waals surface area contributed by atoms with E-state index in [1.54, 1.807) is 20.2 Å². The molecule has 0 saturated carbocycles. The number of amides is 1. The van der Waals surface area contributed by atoms with Crippen molar-refractivity contribution in [2.45, 2.75) is 26.7 Å². The van der Waals surface area contributed by atoms with E-state index in [-0.39, 0.29) is 12.5 Å². The molecule has 1 aromatic heterocycles. The van der Waals surface area contributed by atoms with Gasteiger partial charge in [-0.25, -0.2) is 0 Å². The van der Waals surface area contributed by atoms with E-state index in [1.807, 2.05) is 38.1 Å². The number of carbonyl (C=O) groups is 1. The predicted molar refractivity (Wildman–Crippen MR) is 126 cm³/mol. The standard InChI is InChI=1S/C24H28N4O4/c1-15-8-7-9-21(16(15)2)32-14-22(29)25-17-12-19-20(13-18(17)28-10-5-6-11-28)27(4)24(31)23(30)26(19)3/h7-9,12-13H,5-6,10-11,14H2,1-4H3,(H,25,29). The van der Waals surface area contributed by atoms with Gasteiger partial charge in [0.25, 0.3) is 5.91 Å². The first-order chi connectivity index (χ1) is 15.3. The molecule has 2 heterocycles. The van der Waals surface area contributed by atoms with Crippen molar-refractivity contribution in [2.75, 3.05) is 29.9 Å². The van der Waals surface area contributed by atoms with Crippen LogP contribution >= 0.6 is 0 Å². The van der Waals surface area contributed by atoms with Crippen molar-refractivity contribution in [3.63, 3.8) is 0 Å². The van der Waals surface area contributed by atoms with Crippen LogP contribution in [0, 0.1) is 13.8 Å². The second kappa shape index (κ2) is 8.53. The molecule has 1 aliphatic heterocycles. The summed E-state index contributed by atoms with van der Waals surface area (Å²) in [5.74, 6) is 0.386. The van der Waals surface area contributed by atoms with Crippen molar-refractivity contribution in [1.29, 1.82) is 0 Å². The smallest absolute Gasteiger partial charge is 0.316 e. The third kappa shape index (κ3) is 3.88. The predicted octanol–water partition coefficient (Wildman–Crippen LogP) is 2.47. The van der Waals surface area contributed by atoms with Crippen LogP contribution < -0.4 is 26.1 Å². The van der Waals surface area contributed by atoms with Crippen LogP contribution in [0.2, 0.25) is 0 Å². The molecule has 0 atom stereocenters. The monoisotopic (exact) mass is 436 g/mol. The molecular weight excluding hydrogens is 408 g/mol. The van der Waals surface area contributed by atoms with Crippen molar-refractivity contribution in [1.82, 2.24) is 9.13 Å². The molecular formula is C24H28N4O4. The van der Waals surface area contributed by atoms with Crippen LogP contribution in [0.5, 0.6) is 5.75 Å². The molecule has 1 N–H and O–H groups in total. The first-order valence-electron chi connectivity index (χ1n) is 10.8. The second-order valence-corrected chi connectivity index (χ2v) is 8.32. The molecule has 8 nitrogen and oxygen atoms in total. The second-order valence-electron chi connectivity index (χ2n) is 8.32. The topological polar surface area (TPSA) is 85.6 Å². The highest BCUT2D eigenvalue weighted by molar-refractivity contribution is 5.99. The van der Waals surface area contributed by atoms with Crippen molar-refractivity contribution >= 4 is 28.3 Å². The third-order valence-corrected chi connectivity index (χ3v) is 6.24. The Morgan fingerprint density at radius 1 is 1.00 bits per heavy atom. The lowest BCUT2D eigenvalue weighted by molar-refractivity contribution is -0.118. The van der Waals surface area contributed by atoms with Gasteiger partial charge in [-0.2, -0.15) is 0 Å². The number of hydrogen-bond acceptors (Lipinski definition) is 5. The van der Waals surface area contributed by atoms with Gasteiger partial charge in [0.1, 0.15) is 5.75 Å². The fraction of sp³-hybridized carbons (Fsp3) is 0.375. The molecule has 1 fully saturated rings. The number of rotatable bonds is 5. The fourth-order valence-corrected chi connectivity index (χ4v) is 4.14. The number of nitrogens with one attached hydrogen (secondary N) is 1. The zero-order valence-corrected chi connectivity index (χ0v) is 18.9. The number of carbonyl (C=O) groups excluding carboxylic acids is 1. The van der Waals surface area contributed by atoms with E-state index < -0.39 is 11.1 Å². The van der Waals surface area contributed by atoms with Gasteiger partial charge in [0, 0.05) is 27.2 Å². The summed E-state index contributed by atoms with van der Waals surface area (Å²) in [5.41, 5.74) is 3.57. The normalized spacial score (nSPS) is 13.6. The summed E-state index contributed by atoms with van der Waals surface area (Å²) in [7, 11) is 3.16. The molecule has 1 aliphatic rings. The molecule has 168 valence electrons. The van der Waals surface area contributed by atoms with Crippen molar-refractivity contribution in [3.05, 3.63) is 62.2 Å². The Hall–Kier alpha value is -3.55. The summed E-state index contributed by atoms with van der Waals surface area (Å²) in [6.45, 7) is 5.56. The van der Waals surface area contributed by atoms with Crippen molar-refractivity contribution in [3.8, 4) is 5.75 Å². The number of aromatic nitrogens is 2. The van der Waals surface area contributed by atoms with Crippen LogP contribution in [0.4, 0.5) is 11.4 Å². The van der Waals surface area contributed by atoms with Crippen LogP contribution in [0.3, 0.4) is 0 Å². The Labute approximate surface area is 186 Å². The Morgan fingerprint density at radius 2 is 1.62 bits per heavy atom. The largest absolute Gasteiger partial charge is 0.483 e. The maximum absolute atomic E-state index is 12.8. The Bertz CT molecular complexity index is 1320. The van der Waals surface area contributed by atoms with Gasteiger partial charge >= 0.3 is 11.1 Å². The van der Waals surface area contributed by atoms with Gasteiger partial charge in [-0.15, -0.1) is 0 Å². The van der Waals surface area contributed by atoms with Crippen molar-refractivity contribution in [2.24, 2.45) is 14.1 Å². The zero-order valence-electron chi connectivity index (χ0n) is 18.9. The van der Waals surface area contributed by atoms with Crippen LogP contribution in [0.15, 0.2) is 39.9 Å². The summed E-state index contributed by atoms with van der Waals surface area (Å²) in [6, 6.07) is 9.38. The molecule has 0 unspecified atom stereocenters. The first kappa shape index (κ1) is 21.7. The number of ether oxygens (including phenoxy) is 1. The highest BCUT2D eigenvalue weighted by Gasteiger charge is 2.20. The number of hydrogen-bond donors (Lipinski definition) is 1. The molecule has 0 spiro atoms. The molecule has 8 heteroatoms. The van der Waals surface area contributed by atoms with E-state index >= 15 is 0 Å². The SMILES string of the molecule is Cc1cccc(OCC(=O)Nc2cc3c(cc2N2CCCC2)n(C)c(=O)c(=O)n3C)c1C. The summed E-state index contributed by atoms with van der Waals surface area (Å²) >= 11 is 0. The molecule has 4 rings (SSSR count). The molecule has 32 heavy (non-hydrogen) atoms. The maximum atomic E-state index is 12.8. The lowest BCUT2D eigenvalue weighted by atomic mass is 10.1. The van der Waals surface area contributed by atoms with Crippen LogP contribution in [0.1, 0.15) is 24.0 Å². The Morgan fingerprint density at radius 3 is 2.28 bits per heavy atom. The first-order valence-corrected chi connectivity index (χ1v) is 10.8. The number of benzene rings is 2. The van der Waals surface area contributed by atoms with Gasteiger partial charge < -0.3 is 24.1 Å². The zero-order chi connectivity index (χ0) is 23.0. The minimum absolute atomic E-state index is 0.131. The number of anilines is 2. The van der Waals surface area contributed by atoms with E-state index in [9.17, 15) is 14.4 Å². The van der Waals surface area contributed by atoms with E-state index in [1.165, 1.54) is 9.13 Å². The molecule has 0 radical (unpaired) electrons.